The second kappa shape index (κ2) is 5.08. The van der Waals surface area contributed by atoms with Gasteiger partial charge in [0.1, 0.15) is 0 Å². The normalized spacial score (nSPS) is 15.2. The zero-order valence-corrected chi connectivity index (χ0v) is 11.0. The minimum atomic E-state index is -0.775. The predicted molar refractivity (Wildman–Crippen MR) is 71.3 cm³/mol. The molecule has 2 rings (SSSR count). The van der Waals surface area contributed by atoms with Crippen molar-refractivity contribution in [2.24, 2.45) is 13.0 Å². The molecule has 0 saturated heterocycles. The number of aryl methyl sites for hydroxylation is 1. The molecule has 0 aliphatic heterocycles. The number of hydrogen-bond donors (Lipinski definition) is 2. The third-order valence-electron chi connectivity index (χ3n) is 3.31. The summed E-state index contributed by atoms with van der Waals surface area (Å²) in [7, 11) is 1.89. The molecule has 0 aliphatic rings. The van der Waals surface area contributed by atoms with Crippen LogP contribution in [0.2, 0.25) is 0 Å². The zero-order valence-electron chi connectivity index (χ0n) is 11.0. The maximum Gasteiger partial charge on any atom is 0.0857 e. The van der Waals surface area contributed by atoms with Gasteiger partial charge in [-0.15, -0.1) is 0 Å². The highest BCUT2D eigenvalue weighted by molar-refractivity contribution is 5.81. The molecule has 1 aromatic heterocycles. The van der Waals surface area contributed by atoms with E-state index < -0.39 is 12.2 Å². The van der Waals surface area contributed by atoms with Gasteiger partial charge in [0.25, 0.3) is 0 Å². The molecular formula is C14H20N2O2. The van der Waals surface area contributed by atoms with E-state index in [9.17, 15) is 10.2 Å². The van der Waals surface area contributed by atoms with E-state index >= 15 is 0 Å². The van der Waals surface area contributed by atoms with Crippen LogP contribution in [0, 0.1) is 5.92 Å². The minimum Gasteiger partial charge on any atom is -0.390 e. The van der Waals surface area contributed by atoms with E-state index in [-0.39, 0.29) is 5.92 Å². The van der Waals surface area contributed by atoms with E-state index in [1.807, 2.05) is 45.2 Å². The topological polar surface area (TPSA) is 58.3 Å². The van der Waals surface area contributed by atoms with Crippen LogP contribution in [-0.2, 0) is 13.5 Å². The molecule has 1 aromatic carbocycles. The third kappa shape index (κ3) is 2.40. The molecule has 0 fully saturated rings. The predicted octanol–water partition coefficient (Wildman–Crippen LogP) is 1.49. The van der Waals surface area contributed by atoms with E-state index in [0.717, 1.165) is 16.6 Å². The fourth-order valence-corrected chi connectivity index (χ4v) is 2.20. The average molecular weight is 248 g/mol. The minimum absolute atomic E-state index is 0.0370. The molecule has 18 heavy (non-hydrogen) atoms. The smallest absolute Gasteiger partial charge is 0.0857 e. The fourth-order valence-electron chi connectivity index (χ4n) is 2.20. The van der Waals surface area contributed by atoms with E-state index in [1.165, 1.54) is 0 Å². The van der Waals surface area contributed by atoms with E-state index in [0.29, 0.717) is 6.42 Å². The molecule has 4 nitrogen and oxygen atoms in total. The highest BCUT2D eigenvalue weighted by Crippen LogP contribution is 2.20. The Hall–Kier alpha value is -1.39. The number of aromatic nitrogens is 2. The first-order valence-electron chi connectivity index (χ1n) is 6.27. The summed E-state index contributed by atoms with van der Waals surface area (Å²) >= 11 is 0. The number of aliphatic hydroxyl groups excluding tert-OH is 2. The molecule has 0 saturated carbocycles. The fraction of sp³-hybridized carbons (Fsp3) is 0.500. The summed E-state index contributed by atoms with van der Waals surface area (Å²) < 4.78 is 1.80. The maximum absolute atomic E-state index is 10.0. The van der Waals surface area contributed by atoms with Gasteiger partial charge in [-0.1, -0.05) is 32.0 Å². The quantitative estimate of drug-likeness (QED) is 0.862. The lowest BCUT2D eigenvalue weighted by molar-refractivity contribution is -0.00768. The van der Waals surface area contributed by atoms with Crippen molar-refractivity contribution in [2.45, 2.75) is 32.5 Å². The van der Waals surface area contributed by atoms with Crippen LogP contribution in [0.1, 0.15) is 19.5 Å². The van der Waals surface area contributed by atoms with E-state index in [4.69, 9.17) is 0 Å². The van der Waals surface area contributed by atoms with Gasteiger partial charge in [-0.2, -0.15) is 5.10 Å². The molecule has 0 bridgehead atoms. The lowest BCUT2D eigenvalue weighted by atomic mass is 9.98. The lowest BCUT2D eigenvalue weighted by Crippen LogP contribution is -2.32. The van der Waals surface area contributed by atoms with Crippen molar-refractivity contribution in [1.82, 2.24) is 9.78 Å². The summed E-state index contributed by atoms with van der Waals surface area (Å²) in [5.74, 6) is 0.0370. The summed E-state index contributed by atoms with van der Waals surface area (Å²) in [4.78, 5) is 0. The van der Waals surface area contributed by atoms with Gasteiger partial charge in [-0.05, 0) is 12.0 Å². The highest BCUT2D eigenvalue weighted by Gasteiger charge is 2.22. The van der Waals surface area contributed by atoms with Crippen LogP contribution in [0.5, 0.6) is 0 Å². The number of aliphatic hydroxyl groups is 2. The molecule has 0 aliphatic carbocycles. The first-order valence-corrected chi connectivity index (χ1v) is 6.27. The van der Waals surface area contributed by atoms with Crippen LogP contribution < -0.4 is 0 Å². The zero-order chi connectivity index (χ0) is 13.3. The summed E-state index contributed by atoms with van der Waals surface area (Å²) in [6.07, 6.45) is -1.12. The molecule has 2 atom stereocenters. The molecule has 0 spiro atoms. The van der Waals surface area contributed by atoms with Gasteiger partial charge in [-0.3, -0.25) is 4.68 Å². The van der Waals surface area contributed by atoms with Crippen molar-refractivity contribution in [3.63, 3.8) is 0 Å². The van der Waals surface area contributed by atoms with E-state index in [1.54, 1.807) is 4.68 Å². The second-order valence-electron chi connectivity index (χ2n) is 5.09. The first kappa shape index (κ1) is 13.1. The van der Waals surface area contributed by atoms with Crippen molar-refractivity contribution >= 4 is 10.9 Å². The number of rotatable bonds is 4. The molecule has 1 heterocycles. The molecule has 2 N–H and O–H groups in total. The Labute approximate surface area is 107 Å². The summed E-state index contributed by atoms with van der Waals surface area (Å²) in [6.45, 7) is 3.79. The largest absolute Gasteiger partial charge is 0.390 e. The number of benzene rings is 1. The summed E-state index contributed by atoms with van der Waals surface area (Å²) in [5.41, 5.74) is 1.87. The number of fused-ring (bicyclic) bond motifs is 1. The molecule has 2 unspecified atom stereocenters. The van der Waals surface area contributed by atoms with Crippen LogP contribution in [0.4, 0.5) is 0 Å². The Balaban J connectivity index is 2.27. The lowest BCUT2D eigenvalue weighted by Gasteiger charge is -2.20. The number of hydrogen-bond acceptors (Lipinski definition) is 3. The monoisotopic (exact) mass is 248 g/mol. The molecule has 2 aromatic rings. The third-order valence-corrected chi connectivity index (χ3v) is 3.31. The van der Waals surface area contributed by atoms with Crippen LogP contribution >= 0.6 is 0 Å². The van der Waals surface area contributed by atoms with Crippen molar-refractivity contribution in [2.75, 3.05) is 0 Å². The Morgan fingerprint density at radius 3 is 2.56 bits per heavy atom. The Kier molecular flexibility index (Phi) is 3.68. The summed E-state index contributed by atoms with van der Waals surface area (Å²) in [5, 5.41) is 25.3. The second-order valence-corrected chi connectivity index (χ2v) is 5.09. The van der Waals surface area contributed by atoms with Gasteiger partial charge < -0.3 is 10.2 Å². The molecule has 4 heteroatoms. The van der Waals surface area contributed by atoms with Gasteiger partial charge >= 0.3 is 0 Å². The summed E-state index contributed by atoms with van der Waals surface area (Å²) in [6, 6.07) is 7.91. The molecule has 0 amide bonds. The van der Waals surface area contributed by atoms with Crippen molar-refractivity contribution in [3.05, 3.63) is 30.0 Å². The standard InChI is InChI=1S/C14H20N2O2/c1-9(2)14(18)13(17)8-11-10-6-4-5-7-12(10)16(3)15-11/h4-7,9,13-14,17-18H,8H2,1-3H3. The van der Waals surface area contributed by atoms with E-state index in [2.05, 4.69) is 5.10 Å². The number of nitrogens with zero attached hydrogens (tertiary/aromatic N) is 2. The Morgan fingerprint density at radius 1 is 1.22 bits per heavy atom. The molecular weight excluding hydrogens is 228 g/mol. The van der Waals surface area contributed by atoms with Crippen molar-refractivity contribution < 1.29 is 10.2 Å². The SMILES string of the molecule is CC(C)C(O)C(O)Cc1nn(C)c2ccccc12. The maximum atomic E-state index is 10.0. The van der Waals surface area contributed by atoms with Crippen LogP contribution in [0.15, 0.2) is 24.3 Å². The molecule has 98 valence electrons. The highest BCUT2D eigenvalue weighted by atomic mass is 16.3. The van der Waals surface area contributed by atoms with Gasteiger partial charge in [0.05, 0.1) is 23.4 Å². The van der Waals surface area contributed by atoms with Crippen LogP contribution in [-0.4, -0.2) is 32.2 Å². The van der Waals surface area contributed by atoms with Crippen molar-refractivity contribution in [1.29, 1.82) is 0 Å². The van der Waals surface area contributed by atoms with Crippen molar-refractivity contribution in [3.8, 4) is 0 Å². The van der Waals surface area contributed by atoms with Gasteiger partial charge in [0.2, 0.25) is 0 Å². The van der Waals surface area contributed by atoms with Gasteiger partial charge in [0.15, 0.2) is 0 Å². The molecule has 0 radical (unpaired) electrons. The van der Waals surface area contributed by atoms with Crippen LogP contribution in [0.25, 0.3) is 10.9 Å². The Morgan fingerprint density at radius 2 is 1.89 bits per heavy atom. The Bertz CT molecular complexity index is 534. The average Bonchev–Trinajstić information content (AvgIpc) is 2.66. The van der Waals surface area contributed by atoms with Gasteiger partial charge in [0, 0.05) is 18.9 Å². The van der Waals surface area contributed by atoms with Crippen LogP contribution in [0.3, 0.4) is 0 Å². The first-order chi connectivity index (χ1) is 8.50. The number of para-hydroxylation sites is 1. The van der Waals surface area contributed by atoms with Gasteiger partial charge in [-0.25, -0.2) is 0 Å².